The van der Waals surface area contributed by atoms with Crippen LogP contribution in [-0.4, -0.2) is 28.6 Å². The summed E-state index contributed by atoms with van der Waals surface area (Å²) in [5.74, 6) is -0.713. The predicted molar refractivity (Wildman–Crippen MR) is 157 cm³/mol. The Morgan fingerprint density at radius 3 is 1.62 bits per heavy atom. The molecule has 0 aliphatic heterocycles. The molecule has 0 heterocycles. The van der Waals surface area contributed by atoms with Gasteiger partial charge in [0.1, 0.15) is 11.5 Å². The number of carboxylic acid groups (broad SMARTS) is 1. The highest BCUT2D eigenvalue weighted by Crippen LogP contribution is 2.37. The number of benzene rings is 4. The average molecular weight is 581 g/mol. The van der Waals surface area contributed by atoms with E-state index in [1.165, 1.54) is 22.5 Å². The number of carboxylic acids is 1. The smallest absolute Gasteiger partial charge is 0.337 e. The van der Waals surface area contributed by atoms with E-state index in [2.05, 4.69) is 0 Å². The van der Waals surface area contributed by atoms with Crippen molar-refractivity contribution in [3.63, 3.8) is 0 Å². The number of aromatic carboxylic acids is 1. The second-order valence-corrected chi connectivity index (χ2v) is 10.6. The van der Waals surface area contributed by atoms with Gasteiger partial charge in [-0.25, -0.2) is 21.8 Å². The molecule has 2 unspecified atom stereocenters. The van der Waals surface area contributed by atoms with Crippen LogP contribution in [0.25, 0.3) is 0 Å². The number of nitrogens with zero attached hydrogens (tertiary/aromatic N) is 2. The molecule has 9 nitrogen and oxygen atoms in total. The maximum absolute atomic E-state index is 12.3. The molecule has 0 radical (unpaired) electrons. The summed E-state index contributed by atoms with van der Waals surface area (Å²) in [4.78, 5) is 12.2. The van der Waals surface area contributed by atoms with E-state index in [0.29, 0.717) is 29.2 Å². The molecule has 0 bridgehead atoms. The maximum Gasteiger partial charge on any atom is 0.337 e. The molecular weight excluding hydrogens is 552 g/mol. The highest BCUT2D eigenvalue weighted by Gasteiger charge is 2.23. The lowest BCUT2D eigenvalue weighted by molar-refractivity contribution is 0.0697. The summed E-state index contributed by atoms with van der Waals surface area (Å²) in [7, 11) is 0. The van der Waals surface area contributed by atoms with Gasteiger partial charge in [-0.1, -0.05) is 42.3 Å². The summed E-state index contributed by atoms with van der Waals surface area (Å²) < 4.78 is 52.9. The first-order valence-electron chi connectivity index (χ1n) is 12.2. The van der Waals surface area contributed by atoms with Gasteiger partial charge in [-0.3, -0.25) is 9.11 Å². The number of ether oxygens (including phenoxy) is 1. The lowest BCUT2D eigenvalue weighted by Gasteiger charge is -2.24. The van der Waals surface area contributed by atoms with Crippen molar-refractivity contribution in [2.45, 2.75) is 27.2 Å². The van der Waals surface area contributed by atoms with Gasteiger partial charge in [0.05, 0.1) is 28.3 Å². The minimum atomic E-state index is -2.54. The lowest BCUT2D eigenvalue weighted by atomic mass is 10.1. The molecule has 0 amide bonds. The minimum absolute atomic E-state index is 0.0216. The predicted octanol–water partition coefficient (Wildman–Crippen LogP) is 6.91. The Kier molecular flexibility index (Phi) is 9.00. The van der Waals surface area contributed by atoms with Crippen LogP contribution >= 0.6 is 0 Å². The summed E-state index contributed by atoms with van der Waals surface area (Å²) >= 11 is -4.86. The van der Waals surface area contributed by atoms with E-state index in [4.69, 9.17) is 4.74 Å². The first kappa shape index (κ1) is 29.0. The van der Waals surface area contributed by atoms with E-state index < -0.39 is 28.5 Å². The van der Waals surface area contributed by atoms with E-state index in [-0.39, 0.29) is 17.0 Å². The normalized spacial score (nSPS) is 12.4. The van der Waals surface area contributed by atoms with Gasteiger partial charge in [0.2, 0.25) is 0 Å². The molecule has 4 aromatic rings. The van der Waals surface area contributed by atoms with Crippen LogP contribution in [0.2, 0.25) is 0 Å². The Morgan fingerprint density at radius 2 is 1.18 bits per heavy atom. The fourth-order valence-corrected chi connectivity index (χ4v) is 5.43. The third-order valence-corrected chi connectivity index (χ3v) is 7.59. The Morgan fingerprint density at radius 1 is 0.725 bits per heavy atom. The van der Waals surface area contributed by atoms with Gasteiger partial charge in [0, 0.05) is 0 Å². The molecule has 0 spiro atoms. The highest BCUT2D eigenvalue weighted by atomic mass is 32.2. The number of rotatable bonds is 10. The monoisotopic (exact) mass is 580 g/mol. The summed E-state index contributed by atoms with van der Waals surface area (Å²) in [6.07, 6.45) is 0.527. The maximum atomic E-state index is 12.3. The fraction of sp³-hybridized carbons (Fsp3) is 0.138. The Balaban J connectivity index is 1.68. The van der Waals surface area contributed by atoms with Crippen molar-refractivity contribution in [3.8, 4) is 11.5 Å². The van der Waals surface area contributed by atoms with Crippen LogP contribution in [0.5, 0.6) is 11.5 Å². The van der Waals surface area contributed by atoms with Gasteiger partial charge in [-0.15, -0.1) is 0 Å². The molecule has 0 saturated heterocycles. The number of aryl methyl sites for hydroxylation is 3. The number of hydrogen-bond acceptors (Lipinski definition) is 4. The van der Waals surface area contributed by atoms with Gasteiger partial charge in [-0.05, 0) is 86.5 Å². The van der Waals surface area contributed by atoms with Crippen molar-refractivity contribution < 1.29 is 32.2 Å². The molecule has 11 heteroatoms. The van der Waals surface area contributed by atoms with E-state index >= 15 is 0 Å². The molecule has 0 aliphatic rings. The average Bonchev–Trinajstić information content (AvgIpc) is 2.92. The second kappa shape index (κ2) is 12.4. The SMILES string of the molecule is CCc1cc(Oc2ccc(N(c3ccc(C)cc3)S(=O)O)c(C(=O)O)c2)ccc1N(c1ccc(C)cc1)S(=O)O. The van der Waals surface area contributed by atoms with Gasteiger partial charge in [-0.2, -0.15) is 0 Å². The van der Waals surface area contributed by atoms with Crippen LogP contribution in [0, 0.1) is 13.8 Å². The summed E-state index contributed by atoms with van der Waals surface area (Å²) in [6.45, 7) is 5.71. The fourth-order valence-electron chi connectivity index (χ4n) is 4.16. The van der Waals surface area contributed by atoms with Gasteiger partial charge in [0.15, 0.2) is 0 Å². The Labute approximate surface area is 237 Å². The quantitative estimate of drug-likeness (QED) is 0.174. The Bertz CT molecular complexity index is 1570. The van der Waals surface area contributed by atoms with E-state index in [9.17, 15) is 27.4 Å². The summed E-state index contributed by atoms with van der Waals surface area (Å²) in [5.41, 5.74) is 3.92. The zero-order valence-electron chi connectivity index (χ0n) is 22.0. The zero-order chi connectivity index (χ0) is 29.0. The number of carbonyl (C=O) groups is 1. The van der Waals surface area contributed by atoms with Crippen LogP contribution < -0.4 is 13.3 Å². The molecule has 4 aromatic carbocycles. The van der Waals surface area contributed by atoms with Crippen LogP contribution in [-0.2, 0) is 29.0 Å². The molecule has 3 N–H and O–H groups in total. The Hall–Kier alpha value is -4.03. The molecule has 2 atom stereocenters. The molecule has 0 aliphatic carbocycles. The summed E-state index contributed by atoms with van der Waals surface area (Å²) in [6, 6.07) is 23.2. The molecule has 0 fully saturated rings. The molecule has 4 rings (SSSR count). The first-order chi connectivity index (χ1) is 19.1. The van der Waals surface area contributed by atoms with Gasteiger partial charge < -0.3 is 9.84 Å². The molecule has 0 aromatic heterocycles. The molecule has 208 valence electrons. The summed E-state index contributed by atoms with van der Waals surface area (Å²) in [5, 5.41) is 9.91. The first-order valence-corrected chi connectivity index (χ1v) is 14.4. The minimum Gasteiger partial charge on any atom is -0.478 e. The molecule has 0 saturated carbocycles. The topological polar surface area (TPSA) is 128 Å². The number of anilines is 4. The van der Waals surface area contributed by atoms with Crippen molar-refractivity contribution in [2.75, 3.05) is 8.61 Å². The van der Waals surface area contributed by atoms with Crippen LogP contribution in [0.4, 0.5) is 22.7 Å². The lowest BCUT2D eigenvalue weighted by Crippen LogP contribution is -2.21. The van der Waals surface area contributed by atoms with Crippen molar-refractivity contribution >= 4 is 51.3 Å². The van der Waals surface area contributed by atoms with E-state index in [1.54, 1.807) is 54.6 Å². The molecular formula is C29H28N2O7S2. The van der Waals surface area contributed by atoms with Crippen LogP contribution in [0.1, 0.15) is 34.0 Å². The highest BCUT2D eigenvalue weighted by molar-refractivity contribution is 7.81. The van der Waals surface area contributed by atoms with E-state index in [0.717, 1.165) is 21.0 Å². The van der Waals surface area contributed by atoms with E-state index in [1.807, 2.05) is 32.9 Å². The van der Waals surface area contributed by atoms with Crippen molar-refractivity contribution in [2.24, 2.45) is 0 Å². The van der Waals surface area contributed by atoms with Crippen molar-refractivity contribution in [3.05, 3.63) is 107 Å². The van der Waals surface area contributed by atoms with Gasteiger partial charge >= 0.3 is 5.97 Å². The molecule has 40 heavy (non-hydrogen) atoms. The van der Waals surface area contributed by atoms with Gasteiger partial charge in [0.25, 0.3) is 22.5 Å². The third-order valence-electron chi connectivity index (χ3n) is 6.15. The second-order valence-electron chi connectivity index (χ2n) is 8.95. The van der Waals surface area contributed by atoms with Crippen LogP contribution in [0.3, 0.4) is 0 Å². The standard InChI is InChI=1S/C29H28N2O7S2/c1-4-21-17-24(13-15-27(21)30(39(34)35)22-9-5-19(2)6-10-22)38-25-14-16-28(26(18-25)29(32)33)31(40(36)37)23-11-7-20(3)8-12-23/h5-18H,4H2,1-3H3,(H,32,33)(H,34,35)(H,36,37). The number of hydrogen-bond donors (Lipinski definition) is 3. The largest absolute Gasteiger partial charge is 0.478 e. The third kappa shape index (κ3) is 6.40. The van der Waals surface area contributed by atoms with Crippen LogP contribution in [0.15, 0.2) is 84.9 Å². The van der Waals surface area contributed by atoms with Crippen molar-refractivity contribution in [1.82, 2.24) is 0 Å². The van der Waals surface area contributed by atoms with Crippen molar-refractivity contribution in [1.29, 1.82) is 0 Å². The zero-order valence-corrected chi connectivity index (χ0v) is 23.6.